The summed E-state index contributed by atoms with van der Waals surface area (Å²) in [4.78, 5) is 28.7. The molecule has 11 heteroatoms. The number of benzene rings is 1. The van der Waals surface area contributed by atoms with Crippen LogP contribution in [-0.4, -0.2) is 55.5 Å². The molecule has 1 aliphatic heterocycles. The molecule has 37 heavy (non-hydrogen) atoms. The Labute approximate surface area is 213 Å². The van der Waals surface area contributed by atoms with Crippen LogP contribution in [0.5, 0.6) is 0 Å². The molecule has 8 nitrogen and oxygen atoms in total. The van der Waals surface area contributed by atoms with Crippen LogP contribution in [0.4, 0.5) is 13.2 Å². The monoisotopic (exact) mass is 519 g/mol. The first-order chi connectivity index (χ1) is 17.3. The van der Waals surface area contributed by atoms with Gasteiger partial charge >= 0.3 is 6.18 Å². The molecule has 5 rings (SSSR count). The Bertz CT molecular complexity index is 1200. The van der Waals surface area contributed by atoms with Crippen LogP contribution in [-0.2, 0) is 21.3 Å². The van der Waals surface area contributed by atoms with E-state index in [1.807, 2.05) is 20.8 Å². The van der Waals surface area contributed by atoms with E-state index in [1.165, 1.54) is 11.0 Å². The number of amides is 2. The normalized spacial score (nSPS) is 24.1. The number of carbonyl (C=O) groups is 2. The zero-order chi connectivity index (χ0) is 26.8. The molecule has 0 spiro atoms. The molecular weight excluding hydrogens is 487 g/mol. The number of hydrogen-bond donors (Lipinski definition) is 2. The van der Waals surface area contributed by atoms with Gasteiger partial charge in [-0.3, -0.25) is 9.59 Å². The SMILES string of the molecule is CC(C)(C)[C@@H](C(=O)N1CC(O)CC1C(=O)NC1(c2cccc(C(F)(F)F)c2)CC1)n1cc(C2CC2)nn1. The third-order valence-corrected chi connectivity index (χ3v) is 7.56. The number of likely N-dealkylation sites (tertiary alicyclic amines) is 1. The molecule has 1 saturated heterocycles. The van der Waals surface area contributed by atoms with Gasteiger partial charge in [0, 0.05) is 25.1 Å². The average molecular weight is 520 g/mol. The van der Waals surface area contributed by atoms with E-state index in [1.54, 1.807) is 16.9 Å². The quantitative estimate of drug-likeness (QED) is 0.608. The van der Waals surface area contributed by atoms with Crippen LogP contribution >= 0.6 is 0 Å². The minimum atomic E-state index is -4.49. The van der Waals surface area contributed by atoms with Crippen LogP contribution in [0, 0.1) is 5.41 Å². The van der Waals surface area contributed by atoms with Gasteiger partial charge in [-0.05, 0) is 48.8 Å². The van der Waals surface area contributed by atoms with E-state index in [4.69, 9.17) is 0 Å². The maximum absolute atomic E-state index is 13.9. The molecular formula is C26H32F3N5O3. The molecule has 3 atom stereocenters. The van der Waals surface area contributed by atoms with Gasteiger partial charge in [0.25, 0.3) is 0 Å². The van der Waals surface area contributed by atoms with Crippen LogP contribution in [0.2, 0.25) is 0 Å². The minimum absolute atomic E-state index is 0.00968. The summed E-state index contributed by atoms with van der Waals surface area (Å²) in [6.45, 7) is 5.71. The number of alkyl halides is 3. The molecule has 2 aliphatic carbocycles. The summed E-state index contributed by atoms with van der Waals surface area (Å²) in [6.07, 6.45) is -0.452. The second-order valence-corrected chi connectivity index (χ2v) is 11.7. The van der Waals surface area contributed by atoms with Crippen molar-refractivity contribution in [1.29, 1.82) is 0 Å². The van der Waals surface area contributed by atoms with Crippen molar-refractivity contribution in [3.05, 3.63) is 47.3 Å². The van der Waals surface area contributed by atoms with Crippen molar-refractivity contribution < 1.29 is 27.9 Å². The summed E-state index contributed by atoms with van der Waals surface area (Å²) in [7, 11) is 0. The fraction of sp³-hybridized carbons (Fsp3) is 0.615. The van der Waals surface area contributed by atoms with E-state index in [9.17, 15) is 27.9 Å². The summed E-state index contributed by atoms with van der Waals surface area (Å²) in [5.74, 6) is -0.465. The molecule has 2 N–H and O–H groups in total. The maximum Gasteiger partial charge on any atom is 0.416 e. The predicted octanol–water partition coefficient (Wildman–Crippen LogP) is 3.53. The molecule has 0 radical (unpaired) electrons. The lowest BCUT2D eigenvalue weighted by molar-refractivity contribution is -0.144. The molecule has 2 amide bonds. The summed E-state index contributed by atoms with van der Waals surface area (Å²) >= 11 is 0. The zero-order valence-corrected chi connectivity index (χ0v) is 21.1. The summed E-state index contributed by atoms with van der Waals surface area (Å²) < 4.78 is 41.3. The topological polar surface area (TPSA) is 100 Å². The molecule has 2 saturated carbocycles. The number of aliphatic hydroxyl groups excluding tert-OH is 1. The Balaban J connectivity index is 1.37. The molecule has 1 aromatic carbocycles. The standard InChI is InChI=1S/C26H32F3N5O3/c1-24(2,3)21(34-14-19(31-32-34)15-7-8-15)23(37)33-13-18(35)12-20(33)22(36)30-25(9-10-25)16-5-4-6-17(11-16)26(27,28)29/h4-6,11,14-15,18,20-21,35H,7-10,12-13H2,1-3H3,(H,30,36)/t18?,20?,21-/m1/s1. The van der Waals surface area contributed by atoms with Gasteiger partial charge < -0.3 is 15.3 Å². The first-order valence-corrected chi connectivity index (χ1v) is 12.7. The van der Waals surface area contributed by atoms with Gasteiger partial charge in [-0.1, -0.05) is 38.1 Å². The highest BCUT2D eigenvalue weighted by Gasteiger charge is 2.51. The van der Waals surface area contributed by atoms with Gasteiger partial charge in [-0.15, -0.1) is 5.10 Å². The van der Waals surface area contributed by atoms with E-state index < -0.39 is 46.8 Å². The summed E-state index contributed by atoms with van der Waals surface area (Å²) in [6, 6.07) is 3.29. The third-order valence-electron chi connectivity index (χ3n) is 7.56. The van der Waals surface area contributed by atoms with Crippen molar-refractivity contribution in [2.24, 2.45) is 5.41 Å². The Kier molecular flexibility index (Phi) is 6.12. The predicted molar refractivity (Wildman–Crippen MR) is 127 cm³/mol. The highest BCUT2D eigenvalue weighted by atomic mass is 19.4. The lowest BCUT2D eigenvalue weighted by Gasteiger charge is -2.35. The van der Waals surface area contributed by atoms with Crippen LogP contribution in [0.3, 0.4) is 0 Å². The average Bonchev–Trinajstić information content (AvgIpc) is 3.72. The van der Waals surface area contributed by atoms with E-state index in [2.05, 4.69) is 15.6 Å². The molecule has 2 heterocycles. The number of rotatable bonds is 6. The van der Waals surface area contributed by atoms with Gasteiger partial charge in [0.15, 0.2) is 0 Å². The van der Waals surface area contributed by atoms with E-state index >= 15 is 0 Å². The number of nitrogens with one attached hydrogen (secondary N) is 1. The van der Waals surface area contributed by atoms with Crippen molar-refractivity contribution >= 4 is 11.8 Å². The Morgan fingerprint density at radius 3 is 2.49 bits per heavy atom. The van der Waals surface area contributed by atoms with Crippen molar-refractivity contribution in [3.63, 3.8) is 0 Å². The lowest BCUT2D eigenvalue weighted by atomic mass is 9.85. The maximum atomic E-state index is 13.9. The first-order valence-electron chi connectivity index (χ1n) is 12.7. The minimum Gasteiger partial charge on any atom is -0.391 e. The van der Waals surface area contributed by atoms with Crippen LogP contribution in [0.15, 0.2) is 30.5 Å². The molecule has 3 aliphatic rings. The smallest absolute Gasteiger partial charge is 0.391 e. The van der Waals surface area contributed by atoms with E-state index in [-0.39, 0.29) is 18.9 Å². The Hall–Kier alpha value is -2.95. The van der Waals surface area contributed by atoms with Gasteiger partial charge in [0.2, 0.25) is 11.8 Å². The number of hydrogen-bond acceptors (Lipinski definition) is 5. The number of halogens is 3. The Morgan fingerprint density at radius 1 is 1.19 bits per heavy atom. The highest BCUT2D eigenvalue weighted by Crippen LogP contribution is 2.47. The molecule has 3 fully saturated rings. The number of nitrogens with zero attached hydrogens (tertiary/aromatic N) is 4. The van der Waals surface area contributed by atoms with Crippen LogP contribution in [0.25, 0.3) is 0 Å². The molecule has 2 unspecified atom stereocenters. The molecule has 200 valence electrons. The largest absolute Gasteiger partial charge is 0.416 e. The van der Waals surface area contributed by atoms with Gasteiger partial charge in [0.05, 0.1) is 22.9 Å². The summed E-state index contributed by atoms with van der Waals surface area (Å²) in [5.41, 5.74) is -1.01. The summed E-state index contributed by atoms with van der Waals surface area (Å²) in [5, 5.41) is 21.8. The third kappa shape index (κ3) is 5.10. The second kappa shape index (κ2) is 8.82. The van der Waals surface area contributed by atoms with Crippen molar-refractivity contribution in [1.82, 2.24) is 25.2 Å². The van der Waals surface area contributed by atoms with Crippen molar-refractivity contribution in [2.75, 3.05) is 6.54 Å². The second-order valence-electron chi connectivity index (χ2n) is 11.7. The lowest BCUT2D eigenvalue weighted by Crippen LogP contribution is -2.52. The zero-order valence-electron chi connectivity index (χ0n) is 21.1. The molecule has 1 aromatic heterocycles. The molecule has 2 aromatic rings. The fourth-order valence-electron chi connectivity index (χ4n) is 5.25. The highest BCUT2D eigenvalue weighted by molar-refractivity contribution is 5.91. The van der Waals surface area contributed by atoms with Crippen molar-refractivity contribution in [3.8, 4) is 0 Å². The number of aromatic nitrogens is 3. The van der Waals surface area contributed by atoms with E-state index in [0.717, 1.165) is 30.7 Å². The first kappa shape index (κ1) is 25.7. The van der Waals surface area contributed by atoms with Gasteiger partial charge in [-0.2, -0.15) is 13.2 Å². The number of carbonyl (C=O) groups excluding carboxylic acids is 2. The fourth-order valence-corrected chi connectivity index (χ4v) is 5.25. The van der Waals surface area contributed by atoms with Crippen LogP contribution in [0.1, 0.15) is 81.7 Å². The van der Waals surface area contributed by atoms with E-state index in [0.29, 0.717) is 24.3 Å². The van der Waals surface area contributed by atoms with Gasteiger partial charge in [-0.25, -0.2) is 4.68 Å². The number of β-amino-alcohol motifs (C(OH)–C–C–N with tert-alkyl or cyclic N) is 1. The van der Waals surface area contributed by atoms with Gasteiger partial charge in [0.1, 0.15) is 12.1 Å². The molecule has 0 bridgehead atoms. The van der Waals surface area contributed by atoms with Crippen molar-refractivity contribution in [2.45, 2.75) is 88.7 Å². The number of aliphatic hydroxyl groups is 1. The van der Waals surface area contributed by atoms with Crippen LogP contribution < -0.4 is 5.32 Å². The Morgan fingerprint density at radius 2 is 1.89 bits per heavy atom.